The lowest BCUT2D eigenvalue weighted by atomic mass is 10.0. The number of carbonyl (C=O) groups is 2. The first-order chi connectivity index (χ1) is 18.5. The lowest BCUT2D eigenvalue weighted by molar-refractivity contribution is -0.140. The van der Waals surface area contributed by atoms with Crippen LogP contribution in [0.1, 0.15) is 23.6 Å². The summed E-state index contributed by atoms with van der Waals surface area (Å²) in [6.45, 7) is 3.53. The van der Waals surface area contributed by atoms with Gasteiger partial charge in [-0.15, -0.1) is 0 Å². The number of benzene rings is 3. The molecule has 0 aliphatic rings. The quantitative estimate of drug-likeness (QED) is 0.351. The van der Waals surface area contributed by atoms with Gasteiger partial charge in [0.2, 0.25) is 21.8 Å². The molecular formula is C29H34ClN3O5S. The summed E-state index contributed by atoms with van der Waals surface area (Å²) in [5.41, 5.74) is 2.61. The number of carbonyl (C=O) groups excluding carboxylic acids is 2. The lowest BCUT2D eigenvalue weighted by Crippen LogP contribution is -2.53. The van der Waals surface area contributed by atoms with Gasteiger partial charge in [0.15, 0.2) is 0 Å². The molecule has 0 radical (unpaired) electrons. The summed E-state index contributed by atoms with van der Waals surface area (Å²) in [6, 6.07) is 20.6. The van der Waals surface area contributed by atoms with E-state index in [9.17, 15) is 18.0 Å². The first-order valence-corrected chi connectivity index (χ1v) is 14.7. The van der Waals surface area contributed by atoms with E-state index in [1.807, 2.05) is 37.3 Å². The van der Waals surface area contributed by atoms with Crippen molar-refractivity contribution in [1.29, 1.82) is 0 Å². The number of hydrogen-bond donors (Lipinski definition) is 1. The van der Waals surface area contributed by atoms with Gasteiger partial charge in [-0.3, -0.25) is 13.9 Å². The van der Waals surface area contributed by atoms with Crippen LogP contribution in [0.3, 0.4) is 0 Å². The highest BCUT2D eigenvalue weighted by Gasteiger charge is 2.33. The van der Waals surface area contributed by atoms with E-state index in [1.165, 1.54) is 12.0 Å². The van der Waals surface area contributed by atoms with Crippen LogP contribution in [0.15, 0.2) is 72.8 Å². The Labute approximate surface area is 235 Å². The van der Waals surface area contributed by atoms with E-state index in [1.54, 1.807) is 49.4 Å². The third-order valence-electron chi connectivity index (χ3n) is 6.15. The molecule has 39 heavy (non-hydrogen) atoms. The minimum absolute atomic E-state index is 0.0522. The van der Waals surface area contributed by atoms with E-state index in [4.69, 9.17) is 16.3 Å². The maximum Gasteiger partial charge on any atom is 0.244 e. The third-order valence-corrected chi connectivity index (χ3v) is 7.51. The van der Waals surface area contributed by atoms with E-state index in [-0.39, 0.29) is 24.6 Å². The van der Waals surface area contributed by atoms with E-state index >= 15 is 0 Å². The van der Waals surface area contributed by atoms with Crippen molar-refractivity contribution in [2.24, 2.45) is 0 Å². The molecule has 0 saturated heterocycles. The lowest BCUT2D eigenvalue weighted by Gasteiger charge is -2.33. The molecule has 0 aliphatic heterocycles. The van der Waals surface area contributed by atoms with Crippen molar-refractivity contribution >= 4 is 39.1 Å². The minimum atomic E-state index is -3.91. The Kier molecular flexibility index (Phi) is 10.4. The van der Waals surface area contributed by atoms with Gasteiger partial charge in [0.05, 0.1) is 19.1 Å². The number of nitrogens with zero attached hydrogens (tertiary/aromatic N) is 2. The van der Waals surface area contributed by atoms with Crippen molar-refractivity contribution in [3.63, 3.8) is 0 Å². The van der Waals surface area contributed by atoms with Crippen LogP contribution in [0.4, 0.5) is 5.69 Å². The molecule has 3 aromatic carbocycles. The van der Waals surface area contributed by atoms with Crippen LogP contribution in [-0.2, 0) is 32.6 Å². The molecule has 0 fully saturated rings. The Balaban J connectivity index is 2.08. The van der Waals surface area contributed by atoms with Gasteiger partial charge in [-0.1, -0.05) is 60.1 Å². The molecule has 1 N–H and O–H groups in total. The van der Waals surface area contributed by atoms with Gasteiger partial charge in [0.1, 0.15) is 18.3 Å². The number of sulfonamides is 1. The number of ether oxygens (including phenoxy) is 1. The number of hydrogen-bond acceptors (Lipinski definition) is 5. The molecule has 3 rings (SSSR count). The molecule has 8 nitrogen and oxygen atoms in total. The van der Waals surface area contributed by atoms with Crippen LogP contribution in [0.2, 0.25) is 5.02 Å². The average molecular weight is 572 g/mol. The number of aryl methyl sites for hydroxylation is 1. The molecule has 208 valence electrons. The molecule has 0 heterocycles. The van der Waals surface area contributed by atoms with Crippen LogP contribution in [0.5, 0.6) is 5.75 Å². The number of nitrogens with one attached hydrogen (secondary N) is 1. The molecule has 3 aromatic rings. The Morgan fingerprint density at radius 1 is 1.00 bits per heavy atom. The predicted molar refractivity (Wildman–Crippen MR) is 155 cm³/mol. The number of anilines is 1. The zero-order chi connectivity index (χ0) is 28.6. The van der Waals surface area contributed by atoms with Crippen molar-refractivity contribution in [3.8, 4) is 5.75 Å². The first kappa shape index (κ1) is 30.0. The summed E-state index contributed by atoms with van der Waals surface area (Å²) in [7, 11) is -2.47. The molecular weight excluding hydrogens is 538 g/mol. The van der Waals surface area contributed by atoms with Gasteiger partial charge in [0.25, 0.3) is 0 Å². The molecule has 0 aromatic heterocycles. The number of rotatable bonds is 12. The molecule has 0 unspecified atom stereocenters. The number of methoxy groups -OCH3 is 1. The van der Waals surface area contributed by atoms with Crippen molar-refractivity contribution in [2.45, 2.75) is 32.9 Å². The van der Waals surface area contributed by atoms with Gasteiger partial charge in [-0.25, -0.2) is 8.42 Å². The zero-order valence-electron chi connectivity index (χ0n) is 22.6. The Morgan fingerprint density at radius 3 is 2.31 bits per heavy atom. The highest BCUT2D eigenvalue weighted by atomic mass is 35.5. The van der Waals surface area contributed by atoms with Crippen molar-refractivity contribution in [1.82, 2.24) is 10.2 Å². The summed E-state index contributed by atoms with van der Waals surface area (Å²) < 4.78 is 32.4. The standard InChI is InChI=1S/C29H34ClN3O5S/c1-5-31-29(35)26(18-22-10-7-6-8-11-22)32(19-23-12-9-13-24(30)17-23)28(34)20-33(39(4,36)37)25-16-21(2)14-15-27(25)38-3/h6-17,26H,5,18-20H2,1-4H3,(H,31,35)/t26-/m0/s1. The highest BCUT2D eigenvalue weighted by molar-refractivity contribution is 7.92. The van der Waals surface area contributed by atoms with Gasteiger partial charge < -0.3 is 15.0 Å². The molecule has 0 aliphatic carbocycles. The molecule has 2 amide bonds. The minimum Gasteiger partial charge on any atom is -0.495 e. The Morgan fingerprint density at radius 2 is 1.69 bits per heavy atom. The number of likely N-dealkylation sites (N-methyl/N-ethyl adjacent to an activating group) is 1. The average Bonchev–Trinajstić information content (AvgIpc) is 2.89. The fraction of sp³-hybridized carbons (Fsp3) is 0.310. The Bertz CT molecular complexity index is 1400. The second kappa shape index (κ2) is 13.5. The third kappa shape index (κ3) is 8.21. The van der Waals surface area contributed by atoms with E-state index in [0.29, 0.717) is 22.9 Å². The molecule has 0 saturated carbocycles. The zero-order valence-corrected chi connectivity index (χ0v) is 24.1. The topological polar surface area (TPSA) is 96.0 Å². The first-order valence-electron chi connectivity index (χ1n) is 12.5. The van der Waals surface area contributed by atoms with Crippen LogP contribution in [-0.4, -0.2) is 57.6 Å². The maximum atomic E-state index is 14.1. The largest absolute Gasteiger partial charge is 0.495 e. The number of amides is 2. The predicted octanol–water partition coefficient (Wildman–Crippen LogP) is 4.20. The summed E-state index contributed by atoms with van der Waals surface area (Å²) in [4.78, 5) is 28.8. The molecule has 0 bridgehead atoms. The smallest absolute Gasteiger partial charge is 0.244 e. The van der Waals surface area contributed by atoms with Crippen LogP contribution in [0, 0.1) is 6.92 Å². The fourth-order valence-corrected chi connectivity index (χ4v) is 5.33. The summed E-state index contributed by atoms with van der Waals surface area (Å²) in [6.07, 6.45) is 1.28. The van der Waals surface area contributed by atoms with Crippen LogP contribution >= 0.6 is 11.6 Å². The van der Waals surface area contributed by atoms with Crippen LogP contribution in [0.25, 0.3) is 0 Å². The van der Waals surface area contributed by atoms with Gasteiger partial charge in [0, 0.05) is 24.5 Å². The molecule has 10 heteroatoms. The molecule has 1 atom stereocenters. The summed E-state index contributed by atoms with van der Waals surface area (Å²) in [5, 5.41) is 3.31. The second-order valence-corrected chi connectivity index (χ2v) is 11.5. The Hall–Kier alpha value is -3.56. The van der Waals surface area contributed by atoms with Gasteiger partial charge >= 0.3 is 0 Å². The van der Waals surface area contributed by atoms with Gasteiger partial charge in [-0.2, -0.15) is 0 Å². The van der Waals surface area contributed by atoms with Gasteiger partial charge in [-0.05, 0) is 54.8 Å². The normalized spacial score (nSPS) is 11.9. The monoisotopic (exact) mass is 571 g/mol. The summed E-state index contributed by atoms with van der Waals surface area (Å²) >= 11 is 6.22. The second-order valence-electron chi connectivity index (χ2n) is 9.20. The van der Waals surface area contributed by atoms with Crippen molar-refractivity contribution < 1.29 is 22.7 Å². The van der Waals surface area contributed by atoms with Crippen LogP contribution < -0.4 is 14.4 Å². The van der Waals surface area contributed by atoms with Crippen molar-refractivity contribution in [2.75, 3.05) is 30.8 Å². The maximum absolute atomic E-state index is 14.1. The summed E-state index contributed by atoms with van der Waals surface area (Å²) in [5.74, 6) is -0.573. The number of halogens is 1. The van der Waals surface area contributed by atoms with E-state index < -0.39 is 28.5 Å². The SMILES string of the molecule is CCNC(=O)[C@H](Cc1ccccc1)N(Cc1cccc(Cl)c1)C(=O)CN(c1cc(C)ccc1OC)S(C)(=O)=O. The fourth-order valence-electron chi connectivity index (χ4n) is 4.27. The van der Waals surface area contributed by atoms with E-state index in [2.05, 4.69) is 5.32 Å². The van der Waals surface area contributed by atoms with E-state index in [0.717, 1.165) is 21.7 Å². The van der Waals surface area contributed by atoms with Crippen molar-refractivity contribution in [3.05, 3.63) is 94.5 Å². The highest BCUT2D eigenvalue weighted by Crippen LogP contribution is 2.31. The molecule has 0 spiro atoms.